The minimum absolute atomic E-state index is 0.0722. The first-order valence-corrected chi connectivity index (χ1v) is 6.79. The Balaban J connectivity index is 3.05. The number of hydrogen-bond acceptors (Lipinski definition) is 4. The highest BCUT2D eigenvalue weighted by molar-refractivity contribution is 9.10. The van der Waals surface area contributed by atoms with Crippen molar-refractivity contribution in [2.45, 2.75) is 13.0 Å². The third-order valence-electron chi connectivity index (χ3n) is 2.86. The zero-order valence-electron chi connectivity index (χ0n) is 11.5. The molecule has 0 amide bonds. The van der Waals surface area contributed by atoms with Gasteiger partial charge in [0, 0.05) is 32.9 Å². The summed E-state index contributed by atoms with van der Waals surface area (Å²) in [4.78, 5) is 1.98. The van der Waals surface area contributed by atoms with Crippen LogP contribution in [-0.2, 0) is 9.47 Å². The Labute approximate surface area is 121 Å². The molecule has 1 aromatic carbocycles. The van der Waals surface area contributed by atoms with E-state index in [1.54, 1.807) is 20.3 Å². The second kappa shape index (κ2) is 7.67. The number of ether oxygens (including phenoxy) is 2. The van der Waals surface area contributed by atoms with Gasteiger partial charge >= 0.3 is 0 Å². The van der Waals surface area contributed by atoms with Gasteiger partial charge in [0.25, 0.3) is 0 Å². The van der Waals surface area contributed by atoms with Crippen LogP contribution in [0.1, 0.15) is 6.92 Å². The Bertz CT molecular complexity index is 418. The van der Waals surface area contributed by atoms with E-state index in [0.717, 1.165) is 0 Å². The minimum Gasteiger partial charge on any atom is -0.397 e. The van der Waals surface area contributed by atoms with E-state index >= 15 is 0 Å². The predicted octanol–water partition coefficient (Wildman–Crippen LogP) is 2.66. The first-order valence-electron chi connectivity index (χ1n) is 6.00. The van der Waals surface area contributed by atoms with E-state index in [4.69, 9.17) is 15.2 Å². The lowest BCUT2D eigenvalue weighted by Gasteiger charge is -2.32. The normalized spacial score (nSPS) is 12.5. The van der Waals surface area contributed by atoms with Crippen LogP contribution in [0.5, 0.6) is 0 Å². The van der Waals surface area contributed by atoms with Crippen LogP contribution < -0.4 is 10.6 Å². The SMILES string of the molecule is COCCN(c1cc(F)c(Br)cc1N)C(C)COC. The maximum Gasteiger partial charge on any atom is 0.139 e. The highest BCUT2D eigenvalue weighted by atomic mass is 79.9. The molecule has 0 saturated carbocycles. The van der Waals surface area contributed by atoms with Crippen LogP contribution in [-0.4, -0.2) is 40.0 Å². The molecular weight excluding hydrogens is 315 g/mol. The van der Waals surface area contributed by atoms with Crippen LogP contribution in [0.15, 0.2) is 16.6 Å². The van der Waals surface area contributed by atoms with Gasteiger partial charge in [-0.05, 0) is 28.9 Å². The number of nitrogens with two attached hydrogens (primary N) is 1. The predicted molar refractivity (Wildman–Crippen MR) is 79.1 cm³/mol. The number of methoxy groups -OCH3 is 2. The maximum atomic E-state index is 13.7. The Morgan fingerprint density at radius 1 is 1.37 bits per heavy atom. The molecule has 19 heavy (non-hydrogen) atoms. The van der Waals surface area contributed by atoms with Gasteiger partial charge in [-0.3, -0.25) is 0 Å². The van der Waals surface area contributed by atoms with Crippen molar-refractivity contribution in [3.8, 4) is 0 Å². The molecule has 2 N–H and O–H groups in total. The fourth-order valence-corrected chi connectivity index (χ4v) is 2.26. The zero-order chi connectivity index (χ0) is 14.4. The molecule has 4 nitrogen and oxygen atoms in total. The first kappa shape index (κ1) is 16.2. The van der Waals surface area contributed by atoms with Gasteiger partial charge in [0.1, 0.15) is 5.82 Å². The minimum atomic E-state index is -0.337. The Morgan fingerprint density at radius 3 is 2.63 bits per heavy atom. The topological polar surface area (TPSA) is 47.7 Å². The lowest BCUT2D eigenvalue weighted by atomic mass is 10.2. The first-order chi connectivity index (χ1) is 9.01. The molecule has 6 heteroatoms. The molecule has 0 aliphatic heterocycles. The fraction of sp³-hybridized carbons (Fsp3) is 0.538. The molecule has 0 fully saturated rings. The molecule has 0 heterocycles. The average molecular weight is 335 g/mol. The number of anilines is 2. The fourth-order valence-electron chi connectivity index (χ4n) is 1.90. The molecule has 0 bridgehead atoms. The van der Waals surface area contributed by atoms with Gasteiger partial charge in [-0.15, -0.1) is 0 Å². The van der Waals surface area contributed by atoms with E-state index < -0.39 is 0 Å². The molecule has 1 atom stereocenters. The third kappa shape index (κ3) is 4.33. The highest BCUT2D eigenvalue weighted by Gasteiger charge is 2.18. The van der Waals surface area contributed by atoms with E-state index in [9.17, 15) is 4.39 Å². The summed E-state index contributed by atoms with van der Waals surface area (Å²) in [6, 6.07) is 3.08. The molecule has 0 saturated heterocycles. The summed E-state index contributed by atoms with van der Waals surface area (Å²) in [7, 11) is 3.27. The summed E-state index contributed by atoms with van der Waals surface area (Å²) < 4.78 is 24.3. The number of halogens is 2. The number of nitrogen functional groups attached to an aromatic ring is 1. The van der Waals surface area contributed by atoms with E-state index in [0.29, 0.717) is 35.6 Å². The maximum absolute atomic E-state index is 13.7. The van der Waals surface area contributed by atoms with Crippen molar-refractivity contribution in [3.63, 3.8) is 0 Å². The second-order valence-corrected chi connectivity index (χ2v) is 5.17. The Kier molecular flexibility index (Phi) is 6.54. The van der Waals surface area contributed by atoms with E-state index in [1.165, 1.54) is 6.07 Å². The summed E-state index contributed by atoms with van der Waals surface area (Å²) in [5, 5.41) is 0. The van der Waals surface area contributed by atoms with E-state index in [-0.39, 0.29) is 11.9 Å². The third-order valence-corrected chi connectivity index (χ3v) is 3.46. The lowest BCUT2D eigenvalue weighted by Crippen LogP contribution is -2.39. The van der Waals surface area contributed by atoms with Gasteiger partial charge in [-0.2, -0.15) is 0 Å². The van der Waals surface area contributed by atoms with E-state index in [1.807, 2.05) is 11.8 Å². The Morgan fingerprint density at radius 2 is 2.05 bits per heavy atom. The number of benzene rings is 1. The summed E-state index contributed by atoms with van der Waals surface area (Å²) in [5.41, 5.74) is 7.15. The van der Waals surface area contributed by atoms with Gasteiger partial charge in [-0.25, -0.2) is 4.39 Å². The number of nitrogens with zero attached hydrogens (tertiary/aromatic N) is 1. The van der Waals surface area contributed by atoms with Crippen LogP contribution >= 0.6 is 15.9 Å². The van der Waals surface area contributed by atoms with Crippen LogP contribution in [0.2, 0.25) is 0 Å². The van der Waals surface area contributed by atoms with Crippen LogP contribution in [0.25, 0.3) is 0 Å². The van der Waals surface area contributed by atoms with Gasteiger partial charge in [0.05, 0.1) is 29.1 Å². The Hall–Kier alpha value is -0.850. The summed E-state index contributed by atoms with van der Waals surface area (Å²) in [6.07, 6.45) is 0. The smallest absolute Gasteiger partial charge is 0.139 e. The molecule has 108 valence electrons. The molecule has 1 rings (SSSR count). The van der Waals surface area contributed by atoms with Crippen molar-refractivity contribution in [2.75, 3.05) is 44.6 Å². The van der Waals surface area contributed by atoms with Crippen molar-refractivity contribution < 1.29 is 13.9 Å². The van der Waals surface area contributed by atoms with E-state index in [2.05, 4.69) is 15.9 Å². The van der Waals surface area contributed by atoms with Crippen LogP contribution in [0.4, 0.5) is 15.8 Å². The molecule has 1 aromatic rings. The summed E-state index contributed by atoms with van der Waals surface area (Å²) in [6.45, 7) is 3.68. The number of rotatable bonds is 7. The molecule has 0 radical (unpaired) electrons. The second-order valence-electron chi connectivity index (χ2n) is 4.32. The molecule has 0 aliphatic rings. The molecule has 0 spiro atoms. The summed E-state index contributed by atoms with van der Waals surface area (Å²) >= 11 is 3.13. The largest absolute Gasteiger partial charge is 0.397 e. The lowest BCUT2D eigenvalue weighted by molar-refractivity contribution is 0.171. The molecule has 0 aromatic heterocycles. The molecule has 0 aliphatic carbocycles. The zero-order valence-corrected chi connectivity index (χ0v) is 13.0. The average Bonchev–Trinajstić information content (AvgIpc) is 2.36. The van der Waals surface area contributed by atoms with Crippen molar-refractivity contribution in [3.05, 3.63) is 22.4 Å². The van der Waals surface area contributed by atoms with Gasteiger partial charge in [0.2, 0.25) is 0 Å². The van der Waals surface area contributed by atoms with Crippen molar-refractivity contribution in [1.82, 2.24) is 0 Å². The summed E-state index contributed by atoms with van der Waals surface area (Å²) in [5.74, 6) is -0.337. The quantitative estimate of drug-likeness (QED) is 0.779. The van der Waals surface area contributed by atoms with Crippen molar-refractivity contribution in [2.24, 2.45) is 0 Å². The van der Waals surface area contributed by atoms with Gasteiger partial charge in [0.15, 0.2) is 0 Å². The monoisotopic (exact) mass is 334 g/mol. The van der Waals surface area contributed by atoms with Gasteiger partial charge < -0.3 is 20.1 Å². The molecular formula is C13H20BrFN2O2. The number of hydrogen-bond donors (Lipinski definition) is 1. The van der Waals surface area contributed by atoms with Crippen molar-refractivity contribution in [1.29, 1.82) is 0 Å². The van der Waals surface area contributed by atoms with Crippen LogP contribution in [0.3, 0.4) is 0 Å². The highest BCUT2D eigenvalue weighted by Crippen LogP contribution is 2.30. The van der Waals surface area contributed by atoms with Crippen molar-refractivity contribution >= 4 is 27.3 Å². The molecule has 1 unspecified atom stereocenters. The van der Waals surface area contributed by atoms with Crippen LogP contribution in [0, 0.1) is 5.82 Å². The standard InChI is InChI=1S/C13H20BrFN2O2/c1-9(8-19-3)17(4-5-18-2)13-7-11(15)10(14)6-12(13)16/h6-7,9H,4-5,8,16H2,1-3H3. The van der Waals surface area contributed by atoms with Gasteiger partial charge in [-0.1, -0.05) is 0 Å².